The second kappa shape index (κ2) is 4.14. The zero-order valence-electron chi connectivity index (χ0n) is 8.24. The summed E-state index contributed by atoms with van der Waals surface area (Å²) in [6, 6.07) is 8.03. The molecule has 2 rings (SSSR count). The summed E-state index contributed by atoms with van der Waals surface area (Å²) in [6.07, 6.45) is 0. The van der Waals surface area contributed by atoms with Crippen molar-refractivity contribution in [3.05, 3.63) is 48.0 Å². The fraction of sp³-hybridized carbons (Fsp3) is 0. The molecular weight excluding hydrogens is 212 g/mol. The Balaban J connectivity index is 2.30. The maximum Gasteiger partial charge on any atom is 0.146 e. The summed E-state index contributed by atoms with van der Waals surface area (Å²) >= 11 is 0. The van der Waals surface area contributed by atoms with E-state index < -0.39 is 11.6 Å². The normalized spacial score (nSPS) is 10.1. The number of anilines is 3. The van der Waals surface area contributed by atoms with E-state index in [-0.39, 0.29) is 5.69 Å². The second-order valence-electron chi connectivity index (χ2n) is 3.20. The number of nitrogens with zero attached hydrogens (tertiary/aromatic N) is 1. The number of aromatic nitrogens is 1. The summed E-state index contributed by atoms with van der Waals surface area (Å²) in [7, 11) is 0. The highest BCUT2D eigenvalue weighted by Gasteiger charge is 2.04. The van der Waals surface area contributed by atoms with Gasteiger partial charge in [0.15, 0.2) is 0 Å². The molecular formula is C11H9F2N3. The molecule has 1 aromatic carbocycles. The molecule has 0 amide bonds. The largest absolute Gasteiger partial charge is 0.384 e. The Morgan fingerprint density at radius 3 is 2.69 bits per heavy atom. The number of nitrogen functional groups attached to an aromatic ring is 1. The highest BCUT2D eigenvalue weighted by Crippen LogP contribution is 2.19. The van der Waals surface area contributed by atoms with Crippen molar-refractivity contribution in [2.24, 2.45) is 0 Å². The number of benzene rings is 1. The van der Waals surface area contributed by atoms with Gasteiger partial charge in [-0.2, -0.15) is 0 Å². The van der Waals surface area contributed by atoms with E-state index in [0.29, 0.717) is 11.6 Å². The lowest BCUT2D eigenvalue weighted by molar-refractivity contribution is 0.603. The Morgan fingerprint density at radius 2 is 1.94 bits per heavy atom. The molecule has 0 unspecified atom stereocenters. The van der Waals surface area contributed by atoms with E-state index in [4.69, 9.17) is 5.73 Å². The van der Waals surface area contributed by atoms with Gasteiger partial charge in [0.25, 0.3) is 0 Å². The number of nitrogens with one attached hydrogen (secondary N) is 1. The van der Waals surface area contributed by atoms with Crippen molar-refractivity contribution < 1.29 is 8.78 Å². The van der Waals surface area contributed by atoms with Gasteiger partial charge in [-0.3, -0.25) is 0 Å². The van der Waals surface area contributed by atoms with Crippen LogP contribution >= 0.6 is 0 Å². The van der Waals surface area contributed by atoms with E-state index in [1.807, 2.05) is 0 Å². The molecule has 2 aromatic rings. The lowest BCUT2D eigenvalue weighted by atomic mass is 10.3. The average molecular weight is 221 g/mol. The van der Waals surface area contributed by atoms with E-state index in [1.54, 1.807) is 18.2 Å². The summed E-state index contributed by atoms with van der Waals surface area (Å²) in [5.41, 5.74) is 5.49. The predicted molar refractivity (Wildman–Crippen MR) is 58.3 cm³/mol. The fourth-order valence-electron chi connectivity index (χ4n) is 1.25. The Kier molecular flexibility index (Phi) is 2.68. The van der Waals surface area contributed by atoms with Gasteiger partial charge in [0.05, 0.1) is 5.69 Å². The molecule has 16 heavy (non-hydrogen) atoms. The maximum absolute atomic E-state index is 13.3. The molecule has 1 aromatic heterocycles. The molecule has 82 valence electrons. The van der Waals surface area contributed by atoms with Crippen LogP contribution in [0.1, 0.15) is 0 Å². The Hall–Kier alpha value is -2.17. The minimum atomic E-state index is -0.550. The molecule has 1 heterocycles. The van der Waals surface area contributed by atoms with Crippen LogP contribution < -0.4 is 11.1 Å². The number of pyridine rings is 1. The standard InChI is InChI=1S/C11H9F2N3/c12-7-4-5-8(13)9(6-7)15-11-3-1-2-10(14)16-11/h1-6H,(H3,14,15,16). The van der Waals surface area contributed by atoms with Crippen LogP contribution in [0.15, 0.2) is 36.4 Å². The van der Waals surface area contributed by atoms with Crippen molar-refractivity contribution >= 4 is 17.3 Å². The molecule has 0 spiro atoms. The van der Waals surface area contributed by atoms with Gasteiger partial charge in [-0.25, -0.2) is 13.8 Å². The van der Waals surface area contributed by atoms with Gasteiger partial charge in [-0.1, -0.05) is 6.07 Å². The van der Waals surface area contributed by atoms with Crippen LogP contribution in [0, 0.1) is 11.6 Å². The van der Waals surface area contributed by atoms with Crippen molar-refractivity contribution in [1.29, 1.82) is 0 Å². The van der Waals surface area contributed by atoms with Gasteiger partial charge in [-0.15, -0.1) is 0 Å². The predicted octanol–water partition coefficient (Wildman–Crippen LogP) is 2.69. The molecule has 0 fully saturated rings. The third-order valence-corrected chi connectivity index (χ3v) is 1.96. The number of hydrogen-bond donors (Lipinski definition) is 2. The van der Waals surface area contributed by atoms with E-state index in [9.17, 15) is 8.78 Å². The summed E-state index contributed by atoms with van der Waals surface area (Å²) in [5.74, 6) is -0.398. The molecule has 3 N–H and O–H groups in total. The van der Waals surface area contributed by atoms with Crippen molar-refractivity contribution in [2.75, 3.05) is 11.1 Å². The average Bonchev–Trinajstić information content (AvgIpc) is 2.24. The minimum absolute atomic E-state index is 0.0260. The van der Waals surface area contributed by atoms with Crippen LogP contribution in [0.25, 0.3) is 0 Å². The highest BCUT2D eigenvalue weighted by molar-refractivity contribution is 5.58. The Morgan fingerprint density at radius 1 is 1.12 bits per heavy atom. The SMILES string of the molecule is Nc1cccc(Nc2cc(F)ccc2F)n1. The molecule has 5 heteroatoms. The van der Waals surface area contributed by atoms with E-state index in [1.165, 1.54) is 0 Å². The van der Waals surface area contributed by atoms with Crippen LogP contribution in [0.4, 0.5) is 26.1 Å². The first kappa shape index (κ1) is 10.4. The first-order valence-corrected chi connectivity index (χ1v) is 4.60. The van der Waals surface area contributed by atoms with E-state index in [0.717, 1.165) is 18.2 Å². The van der Waals surface area contributed by atoms with E-state index >= 15 is 0 Å². The molecule has 0 radical (unpaired) electrons. The molecule has 0 aliphatic heterocycles. The second-order valence-corrected chi connectivity index (χ2v) is 3.20. The van der Waals surface area contributed by atoms with Crippen LogP contribution in [-0.4, -0.2) is 4.98 Å². The Labute approximate surface area is 90.9 Å². The van der Waals surface area contributed by atoms with Crippen molar-refractivity contribution in [3.8, 4) is 0 Å². The summed E-state index contributed by atoms with van der Waals surface area (Å²) in [5, 5.41) is 2.65. The van der Waals surface area contributed by atoms with E-state index in [2.05, 4.69) is 10.3 Å². The van der Waals surface area contributed by atoms with Gasteiger partial charge >= 0.3 is 0 Å². The maximum atomic E-state index is 13.3. The van der Waals surface area contributed by atoms with Crippen molar-refractivity contribution in [3.63, 3.8) is 0 Å². The molecule has 0 saturated carbocycles. The molecule has 0 bridgehead atoms. The van der Waals surface area contributed by atoms with Crippen LogP contribution in [0.5, 0.6) is 0 Å². The Bertz CT molecular complexity index is 514. The van der Waals surface area contributed by atoms with Gasteiger partial charge < -0.3 is 11.1 Å². The molecule has 0 aliphatic rings. The number of rotatable bonds is 2. The number of halogens is 2. The topological polar surface area (TPSA) is 50.9 Å². The highest BCUT2D eigenvalue weighted by atomic mass is 19.1. The monoisotopic (exact) mass is 221 g/mol. The zero-order chi connectivity index (χ0) is 11.5. The number of hydrogen-bond acceptors (Lipinski definition) is 3. The molecule has 0 saturated heterocycles. The first-order valence-electron chi connectivity index (χ1n) is 4.60. The molecule has 3 nitrogen and oxygen atoms in total. The summed E-state index contributed by atoms with van der Waals surface area (Å²) < 4.78 is 26.1. The van der Waals surface area contributed by atoms with Gasteiger partial charge in [0.1, 0.15) is 23.3 Å². The molecule has 0 aliphatic carbocycles. The third-order valence-electron chi connectivity index (χ3n) is 1.96. The summed E-state index contributed by atoms with van der Waals surface area (Å²) in [4.78, 5) is 3.92. The van der Waals surface area contributed by atoms with Gasteiger partial charge in [-0.05, 0) is 24.3 Å². The smallest absolute Gasteiger partial charge is 0.146 e. The quantitative estimate of drug-likeness (QED) is 0.819. The van der Waals surface area contributed by atoms with Crippen LogP contribution in [0.2, 0.25) is 0 Å². The molecule has 0 atom stereocenters. The third kappa shape index (κ3) is 2.25. The lowest BCUT2D eigenvalue weighted by Gasteiger charge is -2.06. The van der Waals surface area contributed by atoms with Crippen molar-refractivity contribution in [2.45, 2.75) is 0 Å². The van der Waals surface area contributed by atoms with Crippen molar-refractivity contribution in [1.82, 2.24) is 4.98 Å². The minimum Gasteiger partial charge on any atom is -0.384 e. The van der Waals surface area contributed by atoms with Crippen LogP contribution in [0.3, 0.4) is 0 Å². The fourth-order valence-corrected chi connectivity index (χ4v) is 1.25. The van der Waals surface area contributed by atoms with Crippen LogP contribution in [-0.2, 0) is 0 Å². The zero-order valence-corrected chi connectivity index (χ0v) is 8.24. The van der Waals surface area contributed by atoms with Gasteiger partial charge in [0, 0.05) is 6.07 Å². The number of nitrogens with two attached hydrogens (primary N) is 1. The summed E-state index contributed by atoms with van der Waals surface area (Å²) in [6.45, 7) is 0. The first-order chi connectivity index (χ1) is 7.65. The lowest BCUT2D eigenvalue weighted by Crippen LogP contribution is -1.98. The van der Waals surface area contributed by atoms with Gasteiger partial charge in [0.2, 0.25) is 0 Å².